The summed E-state index contributed by atoms with van der Waals surface area (Å²) in [7, 11) is 0. The Labute approximate surface area is 137 Å². The maximum Gasteiger partial charge on any atom is 0.276 e. The van der Waals surface area contributed by atoms with Crippen LogP contribution in [0.1, 0.15) is 31.6 Å². The molecule has 0 aromatic carbocycles. The van der Waals surface area contributed by atoms with Gasteiger partial charge in [0.25, 0.3) is 5.91 Å². The van der Waals surface area contributed by atoms with Gasteiger partial charge in [-0.1, -0.05) is 5.21 Å². The summed E-state index contributed by atoms with van der Waals surface area (Å²) in [5.41, 5.74) is 2.30. The van der Waals surface area contributed by atoms with E-state index in [9.17, 15) is 4.79 Å². The first-order chi connectivity index (χ1) is 11.0. The molecule has 0 radical (unpaired) electrons. The van der Waals surface area contributed by atoms with Crippen molar-refractivity contribution in [2.45, 2.75) is 27.3 Å². The summed E-state index contributed by atoms with van der Waals surface area (Å²) in [6.45, 7) is 6.21. The standard InChI is InChI=1S/C15H16N6OS/c1-9-14(18-15(22)13-10(2)23-11(3)17-13)19-20-21(9)8-12-4-6-16-7-5-12/h4-7H,8H2,1-3H3,(H,18,22). The first-order valence-electron chi connectivity index (χ1n) is 7.09. The first-order valence-corrected chi connectivity index (χ1v) is 7.90. The number of aryl methyl sites for hydroxylation is 2. The Morgan fingerprint density at radius 1 is 1.26 bits per heavy atom. The van der Waals surface area contributed by atoms with E-state index in [0.29, 0.717) is 18.1 Å². The average molecular weight is 328 g/mol. The van der Waals surface area contributed by atoms with Crippen molar-refractivity contribution in [3.05, 3.63) is 51.4 Å². The van der Waals surface area contributed by atoms with E-state index in [1.54, 1.807) is 17.1 Å². The average Bonchev–Trinajstić information content (AvgIpc) is 3.04. The van der Waals surface area contributed by atoms with Gasteiger partial charge < -0.3 is 5.32 Å². The SMILES string of the molecule is Cc1nc(C(=O)Nc2nnn(Cc3ccncc3)c2C)c(C)s1. The second-order valence-electron chi connectivity index (χ2n) is 5.13. The molecule has 8 heteroatoms. The fraction of sp³-hybridized carbons (Fsp3) is 0.267. The van der Waals surface area contributed by atoms with E-state index < -0.39 is 0 Å². The van der Waals surface area contributed by atoms with E-state index in [1.807, 2.05) is 32.9 Å². The van der Waals surface area contributed by atoms with Gasteiger partial charge in [-0.15, -0.1) is 16.4 Å². The van der Waals surface area contributed by atoms with Crippen molar-refractivity contribution < 1.29 is 4.79 Å². The number of amides is 1. The van der Waals surface area contributed by atoms with Crippen LogP contribution in [-0.2, 0) is 6.54 Å². The molecule has 0 saturated carbocycles. The van der Waals surface area contributed by atoms with Crippen molar-refractivity contribution in [1.29, 1.82) is 0 Å². The highest BCUT2D eigenvalue weighted by Gasteiger charge is 2.17. The summed E-state index contributed by atoms with van der Waals surface area (Å²) in [5, 5.41) is 11.8. The van der Waals surface area contributed by atoms with E-state index in [2.05, 4.69) is 25.6 Å². The third-order valence-corrected chi connectivity index (χ3v) is 4.30. The van der Waals surface area contributed by atoms with E-state index in [4.69, 9.17) is 0 Å². The molecule has 3 aromatic heterocycles. The summed E-state index contributed by atoms with van der Waals surface area (Å²) in [6.07, 6.45) is 3.47. The Bertz CT molecular complexity index is 839. The zero-order valence-electron chi connectivity index (χ0n) is 13.1. The van der Waals surface area contributed by atoms with Crippen LogP contribution in [0.25, 0.3) is 0 Å². The number of aromatic nitrogens is 5. The van der Waals surface area contributed by atoms with Crippen LogP contribution < -0.4 is 5.32 Å². The van der Waals surface area contributed by atoms with Crippen LogP contribution >= 0.6 is 11.3 Å². The minimum absolute atomic E-state index is 0.258. The molecule has 1 N–H and O–H groups in total. The van der Waals surface area contributed by atoms with Crippen molar-refractivity contribution in [3.8, 4) is 0 Å². The normalized spacial score (nSPS) is 10.7. The molecular weight excluding hydrogens is 312 g/mol. The maximum atomic E-state index is 12.3. The highest BCUT2D eigenvalue weighted by atomic mass is 32.1. The maximum absolute atomic E-state index is 12.3. The van der Waals surface area contributed by atoms with Gasteiger partial charge in [0.2, 0.25) is 0 Å². The Balaban J connectivity index is 1.77. The van der Waals surface area contributed by atoms with E-state index in [-0.39, 0.29) is 5.91 Å². The number of hydrogen-bond donors (Lipinski definition) is 1. The number of carbonyl (C=O) groups excluding carboxylic acids is 1. The zero-order valence-corrected chi connectivity index (χ0v) is 13.9. The van der Waals surface area contributed by atoms with Crippen LogP contribution in [0.2, 0.25) is 0 Å². The Kier molecular flexibility index (Phi) is 4.16. The highest BCUT2D eigenvalue weighted by molar-refractivity contribution is 7.11. The monoisotopic (exact) mass is 328 g/mol. The molecule has 0 atom stereocenters. The number of nitrogens with one attached hydrogen (secondary N) is 1. The highest BCUT2D eigenvalue weighted by Crippen LogP contribution is 2.19. The smallest absolute Gasteiger partial charge is 0.276 e. The number of nitrogens with zero attached hydrogens (tertiary/aromatic N) is 5. The van der Waals surface area contributed by atoms with Gasteiger partial charge in [0.1, 0.15) is 5.69 Å². The van der Waals surface area contributed by atoms with Gasteiger partial charge in [-0.3, -0.25) is 9.78 Å². The van der Waals surface area contributed by atoms with Crippen LogP contribution in [0.4, 0.5) is 5.82 Å². The van der Waals surface area contributed by atoms with E-state index >= 15 is 0 Å². The fourth-order valence-electron chi connectivity index (χ4n) is 2.19. The lowest BCUT2D eigenvalue weighted by molar-refractivity contribution is 0.102. The molecule has 0 fully saturated rings. The predicted molar refractivity (Wildman–Crippen MR) is 87.6 cm³/mol. The van der Waals surface area contributed by atoms with Gasteiger partial charge >= 0.3 is 0 Å². The number of rotatable bonds is 4. The van der Waals surface area contributed by atoms with Crippen LogP contribution in [0.3, 0.4) is 0 Å². The minimum Gasteiger partial charge on any atom is -0.302 e. The zero-order chi connectivity index (χ0) is 16.4. The molecule has 0 bridgehead atoms. The Morgan fingerprint density at radius 3 is 2.65 bits per heavy atom. The van der Waals surface area contributed by atoms with Crippen LogP contribution in [0.15, 0.2) is 24.5 Å². The molecule has 0 spiro atoms. The van der Waals surface area contributed by atoms with Crippen molar-refractivity contribution in [3.63, 3.8) is 0 Å². The number of hydrogen-bond acceptors (Lipinski definition) is 6. The molecule has 3 rings (SSSR count). The summed E-state index contributed by atoms with van der Waals surface area (Å²) >= 11 is 1.50. The number of carbonyl (C=O) groups is 1. The van der Waals surface area contributed by atoms with Gasteiger partial charge in [-0.25, -0.2) is 9.67 Å². The van der Waals surface area contributed by atoms with Crippen LogP contribution in [0, 0.1) is 20.8 Å². The quantitative estimate of drug-likeness (QED) is 0.794. The van der Waals surface area contributed by atoms with Crippen molar-refractivity contribution in [1.82, 2.24) is 25.0 Å². The van der Waals surface area contributed by atoms with Crippen LogP contribution in [-0.4, -0.2) is 30.9 Å². The molecule has 0 aliphatic rings. The molecule has 1 amide bonds. The number of pyridine rings is 1. The third kappa shape index (κ3) is 3.26. The van der Waals surface area contributed by atoms with Gasteiger partial charge in [-0.05, 0) is 38.5 Å². The van der Waals surface area contributed by atoms with Gasteiger partial charge in [0, 0.05) is 17.3 Å². The second-order valence-corrected chi connectivity index (χ2v) is 6.54. The molecular formula is C15H16N6OS. The summed E-state index contributed by atoms with van der Waals surface area (Å²) in [5.74, 6) is 0.194. The van der Waals surface area contributed by atoms with Crippen LogP contribution in [0.5, 0.6) is 0 Å². The summed E-state index contributed by atoms with van der Waals surface area (Å²) in [4.78, 5) is 21.5. The lowest BCUT2D eigenvalue weighted by Crippen LogP contribution is -2.15. The molecule has 0 aliphatic heterocycles. The molecule has 0 unspecified atom stereocenters. The number of thiazole rings is 1. The Morgan fingerprint density at radius 2 is 2.00 bits per heavy atom. The van der Waals surface area contributed by atoms with E-state index in [1.165, 1.54) is 11.3 Å². The van der Waals surface area contributed by atoms with E-state index in [0.717, 1.165) is 21.1 Å². The lowest BCUT2D eigenvalue weighted by Gasteiger charge is -2.04. The summed E-state index contributed by atoms with van der Waals surface area (Å²) < 4.78 is 1.74. The molecule has 3 aromatic rings. The van der Waals surface area contributed by atoms with Gasteiger partial charge in [-0.2, -0.15) is 0 Å². The van der Waals surface area contributed by atoms with Gasteiger partial charge in [0.15, 0.2) is 5.82 Å². The van der Waals surface area contributed by atoms with Crippen molar-refractivity contribution >= 4 is 23.1 Å². The first kappa shape index (κ1) is 15.3. The largest absolute Gasteiger partial charge is 0.302 e. The molecule has 23 heavy (non-hydrogen) atoms. The van der Waals surface area contributed by atoms with Crippen molar-refractivity contribution in [2.75, 3.05) is 5.32 Å². The molecule has 3 heterocycles. The topological polar surface area (TPSA) is 85.6 Å². The minimum atomic E-state index is -0.258. The van der Waals surface area contributed by atoms with Gasteiger partial charge in [0.05, 0.1) is 17.2 Å². The number of anilines is 1. The molecule has 118 valence electrons. The molecule has 7 nitrogen and oxygen atoms in total. The van der Waals surface area contributed by atoms with Crippen molar-refractivity contribution in [2.24, 2.45) is 0 Å². The second kappa shape index (κ2) is 6.25. The molecule has 0 aliphatic carbocycles. The lowest BCUT2D eigenvalue weighted by atomic mass is 10.2. The third-order valence-electron chi connectivity index (χ3n) is 3.41. The molecule has 0 saturated heterocycles. The fourth-order valence-corrected chi connectivity index (χ4v) is 3.01. The predicted octanol–water partition coefficient (Wildman–Crippen LogP) is 2.36. The summed E-state index contributed by atoms with van der Waals surface area (Å²) in [6, 6.07) is 3.83. The Hall–Kier alpha value is -2.61.